The lowest BCUT2D eigenvalue weighted by Gasteiger charge is -2.32. The van der Waals surface area contributed by atoms with Crippen molar-refractivity contribution in [3.05, 3.63) is 65.2 Å². The lowest BCUT2D eigenvalue weighted by atomic mass is 10.1. The molecule has 1 aliphatic heterocycles. The zero-order valence-electron chi connectivity index (χ0n) is 17.8. The van der Waals surface area contributed by atoms with Gasteiger partial charge in [-0.2, -0.15) is 0 Å². The Morgan fingerprint density at radius 1 is 1.10 bits per heavy atom. The van der Waals surface area contributed by atoms with Gasteiger partial charge in [0, 0.05) is 42.5 Å². The number of esters is 1. The maximum absolute atomic E-state index is 12.3. The highest BCUT2D eigenvalue weighted by atomic mass is 16.5. The predicted octanol–water partition coefficient (Wildman–Crippen LogP) is 2.72. The minimum atomic E-state index is -0.399. The summed E-state index contributed by atoms with van der Waals surface area (Å²) in [4.78, 5) is 26.2. The van der Waals surface area contributed by atoms with Crippen LogP contribution in [0, 0.1) is 11.8 Å². The Kier molecular flexibility index (Phi) is 8.05. The second-order valence-electron chi connectivity index (χ2n) is 7.24. The zero-order chi connectivity index (χ0) is 22.1. The van der Waals surface area contributed by atoms with Gasteiger partial charge in [0.15, 0.2) is 0 Å². The van der Waals surface area contributed by atoms with E-state index in [0.717, 1.165) is 31.9 Å². The molecule has 0 unspecified atom stereocenters. The van der Waals surface area contributed by atoms with E-state index in [2.05, 4.69) is 34.3 Å². The molecule has 0 spiro atoms. The van der Waals surface area contributed by atoms with Crippen LogP contribution in [0.3, 0.4) is 0 Å². The van der Waals surface area contributed by atoms with E-state index in [4.69, 9.17) is 9.47 Å². The SMILES string of the molecule is COC(=O)c1cccc(C#Cc2cccc(NC(=O)NC[C@@H](C)N3CCOCC3)c2)c1. The Balaban J connectivity index is 1.56. The van der Waals surface area contributed by atoms with Gasteiger partial charge in [-0.3, -0.25) is 4.90 Å². The van der Waals surface area contributed by atoms with Gasteiger partial charge in [0.25, 0.3) is 0 Å². The maximum Gasteiger partial charge on any atom is 0.337 e. The Hall–Kier alpha value is -3.34. The van der Waals surface area contributed by atoms with Crippen molar-refractivity contribution >= 4 is 17.7 Å². The number of rotatable bonds is 5. The number of ether oxygens (including phenoxy) is 2. The fourth-order valence-electron chi connectivity index (χ4n) is 3.22. The second-order valence-corrected chi connectivity index (χ2v) is 7.24. The summed E-state index contributed by atoms with van der Waals surface area (Å²) in [5.41, 5.74) is 2.57. The molecular formula is C24H27N3O4. The first-order chi connectivity index (χ1) is 15.0. The average Bonchev–Trinajstić information content (AvgIpc) is 2.81. The maximum atomic E-state index is 12.3. The molecule has 1 saturated heterocycles. The monoisotopic (exact) mass is 421 g/mol. The number of methoxy groups -OCH3 is 1. The predicted molar refractivity (Wildman–Crippen MR) is 119 cm³/mol. The average molecular weight is 421 g/mol. The van der Waals surface area contributed by atoms with Gasteiger partial charge in [0.05, 0.1) is 25.9 Å². The Bertz CT molecular complexity index is 974. The molecule has 2 aromatic rings. The first kappa shape index (κ1) is 22.3. The molecule has 1 atom stereocenters. The molecule has 1 fully saturated rings. The van der Waals surface area contributed by atoms with Gasteiger partial charge < -0.3 is 20.1 Å². The number of urea groups is 1. The van der Waals surface area contributed by atoms with Gasteiger partial charge in [-0.1, -0.05) is 24.0 Å². The number of nitrogens with zero attached hydrogens (tertiary/aromatic N) is 1. The van der Waals surface area contributed by atoms with E-state index >= 15 is 0 Å². The summed E-state index contributed by atoms with van der Waals surface area (Å²) in [5.74, 6) is 5.70. The highest BCUT2D eigenvalue weighted by molar-refractivity contribution is 5.90. The van der Waals surface area contributed by atoms with Gasteiger partial charge in [-0.05, 0) is 43.3 Å². The summed E-state index contributed by atoms with van der Waals surface area (Å²) < 4.78 is 10.1. The van der Waals surface area contributed by atoms with Crippen molar-refractivity contribution in [3.63, 3.8) is 0 Å². The van der Waals surface area contributed by atoms with E-state index < -0.39 is 5.97 Å². The number of benzene rings is 2. The van der Waals surface area contributed by atoms with E-state index in [1.54, 1.807) is 18.2 Å². The number of hydrogen-bond donors (Lipinski definition) is 2. The van der Waals surface area contributed by atoms with E-state index in [1.807, 2.05) is 30.3 Å². The van der Waals surface area contributed by atoms with Crippen molar-refractivity contribution in [1.82, 2.24) is 10.2 Å². The summed E-state index contributed by atoms with van der Waals surface area (Å²) in [6, 6.07) is 14.3. The molecule has 0 aliphatic carbocycles. The first-order valence-corrected chi connectivity index (χ1v) is 10.2. The molecular weight excluding hydrogens is 394 g/mol. The van der Waals surface area contributed by atoms with Crippen LogP contribution in [0.25, 0.3) is 0 Å². The van der Waals surface area contributed by atoms with Crippen LogP contribution in [-0.2, 0) is 9.47 Å². The number of carbonyl (C=O) groups is 2. The summed E-state index contributed by atoms with van der Waals surface area (Å²) in [7, 11) is 1.35. The molecule has 31 heavy (non-hydrogen) atoms. The zero-order valence-corrected chi connectivity index (χ0v) is 17.8. The number of carbonyl (C=O) groups excluding carboxylic acids is 2. The molecule has 2 N–H and O–H groups in total. The van der Waals surface area contributed by atoms with E-state index in [0.29, 0.717) is 23.4 Å². The fraction of sp³-hybridized carbons (Fsp3) is 0.333. The fourth-order valence-corrected chi connectivity index (χ4v) is 3.22. The van der Waals surface area contributed by atoms with Crippen LogP contribution in [-0.4, -0.2) is 62.9 Å². The number of hydrogen-bond acceptors (Lipinski definition) is 5. The Labute approximate surface area is 182 Å². The number of anilines is 1. The van der Waals surface area contributed by atoms with Crippen molar-refractivity contribution < 1.29 is 19.1 Å². The summed E-state index contributed by atoms with van der Waals surface area (Å²) in [5, 5.41) is 5.76. The summed E-state index contributed by atoms with van der Waals surface area (Å²) in [6.45, 7) is 5.88. The number of morpholine rings is 1. The van der Waals surface area contributed by atoms with Crippen LogP contribution in [0.4, 0.5) is 10.5 Å². The van der Waals surface area contributed by atoms with Gasteiger partial charge in [0.2, 0.25) is 0 Å². The molecule has 0 radical (unpaired) electrons. The molecule has 2 amide bonds. The van der Waals surface area contributed by atoms with Crippen molar-refractivity contribution in [2.24, 2.45) is 0 Å². The molecule has 7 heteroatoms. The lowest BCUT2D eigenvalue weighted by molar-refractivity contribution is 0.0209. The normalized spacial score (nSPS) is 14.6. The van der Waals surface area contributed by atoms with E-state index in [1.165, 1.54) is 7.11 Å². The molecule has 1 heterocycles. The number of amides is 2. The third kappa shape index (κ3) is 6.85. The quantitative estimate of drug-likeness (QED) is 0.573. The molecule has 0 saturated carbocycles. The van der Waals surface area contributed by atoms with Crippen LogP contribution < -0.4 is 10.6 Å². The summed E-state index contributed by atoms with van der Waals surface area (Å²) >= 11 is 0. The van der Waals surface area contributed by atoms with Gasteiger partial charge in [-0.25, -0.2) is 9.59 Å². The highest BCUT2D eigenvalue weighted by Crippen LogP contribution is 2.11. The van der Waals surface area contributed by atoms with Crippen molar-refractivity contribution in [2.75, 3.05) is 45.3 Å². The smallest absolute Gasteiger partial charge is 0.337 e. The lowest BCUT2D eigenvalue weighted by Crippen LogP contribution is -2.47. The molecule has 3 rings (SSSR count). The highest BCUT2D eigenvalue weighted by Gasteiger charge is 2.17. The van der Waals surface area contributed by atoms with Crippen LogP contribution in [0.15, 0.2) is 48.5 Å². The Morgan fingerprint density at radius 2 is 1.77 bits per heavy atom. The van der Waals surface area contributed by atoms with Gasteiger partial charge in [-0.15, -0.1) is 0 Å². The molecule has 2 aromatic carbocycles. The van der Waals surface area contributed by atoms with E-state index in [9.17, 15) is 9.59 Å². The van der Waals surface area contributed by atoms with E-state index in [-0.39, 0.29) is 12.1 Å². The number of nitrogens with one attached hydrogen (secondary N) is 2. The van der Waals surface area contributed by atoms with Gasteiger partial charge in [0.1, 0.15) is 0 Å². The van der Waals surface area contributed by atoms with Crippen LogP contribution in [0.5, 0.6) is 0 Å². The molecule has 1 aliphatic rings. The van der Waals surface area contributed by atoms with Crippen molar-refractivity contribution in [3.8, 4) is 11.8 Å². The van der Waals surface area contributed by atoms with Crippen molar-refractivity contribution in [1.29, 1.82) is 0 Å². The minimum Gasteiger partial charge on any atom is -0.465 e. The first-order valence-electron chi connectivity index (χ1n) is 10.2. The molecule has 162 valence electrons. The third-order valence-electron chi connectivity index (χ3n) is 4.98. The molecule has 7 nitrogen and oxygen atoms in total. The van der Waals surface area contributed by atoms with Crippen molar-refractivity contribution in [2.45, 2.75) is 13.0 Å². The molecule has 0 aromatic heterocycles. The summed E-state index contributed by atoms with van der Waals surface area (Å²) in [6.07, 6.45) is 0. The second kappa shape index (κ2) is 11.2. The Morgan fingerprint density at radius 3 is 2.48 bits per heavy atom. The standard InChI is InChI=1S/C24H27N3O4/c1-18(27-11-13-31-14-12-27)17-25-24(29)26-22-8-4-6-20(16-22)10-9-19-5-3-7-21(15-19)23(28)30-2/h3-8,15-16,18H,11-14,17H2,1-2H3,(H2,25,26,29)/t18-/m1/s1. The van der Waals surface area contributed by atoms with Gasteiger partial charge >= 0.3 is 12.0 Å². The van der Waals surface area contributed by atoms with Crippen LogP contribution in [0.2, 0.25) is 0 Å². The minimum absolute atomic E-state index is 0.243. The van der Waals surface area contributed by atoms with Crippen LogP contribution >= 0.6 is 0 Å². The third-order valence-corrected chi connectivity index (χ3v) is 4.98. The van der Waals surface area contributed by atoms with Crippen LogP contribution in [0.1, 0.15) is 28.4 Å². The largest absolute Gasteiger partial charge is 0.465 e. The topological polar surface area (TPSA) is 79.9 Å². The molecule has 0 bridgehead atoms.